The van der Waals surface area contributed by atoms with Gasteiger partial charge in [0, 0.05) is 24.7 Å². The smallest absolute Gasteiger partial charge is 0.253 e. The second-order valence-electron chi connectivity index (χ2n) is 6.69. The quantitative estimate of drug-likeness (QED) is 0.926. The third kappa shape index (κ3) is 3.00. The first-order valence-corrected chi connectivity index (χ1v) is 9.26. The van der Waals surface area contributed by atoms with Crippen LogP contribution in [-0.2, 0) is 4.79 Å². The van der Waals surface area contributed by atoms with Crippen molar-refractivity contribution in [3.8, 4) is 0 Å². The molecule has 0 spiro atoms. The van der Waals surface area contributed by atoms with Gasteiger partial charge in [0.1, 0.15) is 11.0 Å². The lowest BCUT2D eigenvalue weighted by Gasteiger charge is -2.18. The molecule has 2 fully saturated rings. The van der Waals surface area contributed by atoms with E-state index >= 15 is 0 Å². The van der Waals surface area contributed by atoms with E-state index in [9.17, 15) is 9.59 Å². The number of hydrogen-bond acceptors (Lipinski definition) is 5. The van der Waals surface area contributed by atoms with Gasteiger partial charge in [-0.1, -0.05) is 12.8 Å². The molecule has 1 aromatic carbocycles. The number of nitrogens with zero attached hydrogens (tertiary/aromatic N) is 3. The monoisotopic (exact) mass is 344 g/mol. The minimum Gasteiger partial charge on any atom is -0.353 e. The summed E-state index contributed by atoms with van der Waals surface area (Å²) in [6.07, 6.45) is 5.32. The van der Waals surface area contributed by atoms with E-state index in [4.69, 9.17) is 0 Å². The van der Waals surface area contributed by atoms with Crippen molar-refractivity contribution in [1.29, 1.82) is 0 Å². The molecule has 1 aromatic heterocycles. The van der Waals surface area contributed by atoms with E-state index in [0.29, 0.717) is 24.7 Å². The van der Waals surface area contributed by atoms with Gasteiger partial charge in [0.05, 0.1) is 17.6 Å². The molecule has 1 saturated carbocycles. The summed E-state index contributed by atoms with van der Waals surface area (Å²) in [5.74, 6) is -0.00311. The number of likely N-dealkylation sites (tertiary alicyclic amines) is 1. The Morgan fingerprint density at radius 2 is 1.92 bits per heavy atom. The van der Waals surface area contributed by atoms with Crippen LogP contribution in [0.4, 0.5) is 0 Å². The van der Waals surface area contributed by atoms with E-state index < -0.39 is 0 Å². The molecule has 6 nitrogen and oxygen atoms in total. The standard InChI is InChI=1S/C17H20N4O2S/c22-16(18-13-3-1-2-4-13)12-7-8-21(10-12)17(23)11-5-6-14-15(9-11)20-24-19-14/h5-6,9,12-13H,1-4,7-8,10H2,(H,18,22)/t12-/m0/s1. The van der Waals surface area contributed by atoms with Crippen LogP contribution >= 0.6 is 11.7 Å². The Morgan fingerprint density at radius 3 is 2.75 bits per heavy atom. The maximum atomic E-state index is 12.7. The van der Waals surface area contributed by atoms with Gasteiger partial charge < -0.3 is 10.2 Å². The van der Waals surface area contributed by atoms with Crippen LogP contribution in [0.15, 0.2) is 18.2 Å². The molecule has 2 heterocycles. The molecule has 0 radical (unpaired) electrons. The lowest BCUT2D eigenvalue weighted by Crippen LogP contribution is -2.39. The van der Waals surface area contributed by atoms with Crippen molar-refractivity contribution in [1.82, 2.24) is 19.0 Å². The van der Waals surface area contributed by atoms with Crippen molar-refractivity contribution in [2.24, 2.45) is 5.92 Å². The molecule has 0 bridgehead atoms. The van der Waals surface area contributed by atoms with Crippen molar-refractivity contribution >= 4 is 34.6 Å². The van der Waals surface area contributed by atoms with Crippen LogP contribution in [0, 0.1) is 5.92 Å². The van der Waals surface area contributed by atoms with Crippen LogP contribution in [-0.4, -0.2) is 44.6 Å². The molecular weight excluding hydrogens is 324 g/mol. The Morgan fingerprint density at radius 1 is 1.12 bits per heavy atom. The fourth-order valence-electron chi connectivity index (χ4n) is 3.65. The first-order chi connectivity index (χ1) is 11.7. The van der Waals surface area contributed by atoms with E-state index in [2.05, 4.69) is 14.1 Å². The first-order valence-electron chi connectivity index (χ1n) is 8.53. The molecule has 1 atom stereocenters. The average Bonchev–Trinajstić information content (AvgIpc) is 3.33. The average molecular weight is 344 g/mol. The molecule has 24 heavy (non-hydrogen) atoms. The fraction of sp³-hybridized carbons (Fsp3) is 0.529. The molecule has 1 aliphatic heterocycles. The van der Waals surface area contributed by atoms with Gasteiger partial charge in [0.25, 0.3) is 5.91 Å². The van der Waals surface area contributed by atoms with Crippen molar-refractivity contribution in [3.63, 3.8) is 0 Å². The molecule has 1 N–H and O–H groups in total. The summed E-state index contributed by atoms with van der Waals surface area (Å²) >= 11 is 1.15. The van der Waals surface area contributed by atoms with E-state index in [0.717, 1.165) is 42.0 Å². The van der Waals surface area contributed by atoms with Crippen LogP contribution < -0.4 is 5.32 Å². The SMILES string of the molecule is O=C(NC1CCCC1)[C@H]1CCN(C(=O)c2ccc3nsnc3c2)C1. The topological polar surface area (TPSA) is 75.2 Å². The molecule has 126 valence electrons. The summed E-state index contributed by atoms with van der Waals surface area (Å²) in [5.41, 5.74) is 2.18. The molecular formula is C17H20N4O2S. The summed E-state index contributed by atoms with van der Waals surface area (Å²) in [4.78, 5) is 26.8. The summed E-state index contributed by atoms with van der Waals surface area (Å²) in [6, 6.07) is 5.74. The molecule has 1 saturated heterocycles. The predicted octanol–water partition coefficient (Wildman–Crippen LogP) is 2.21. The first kappa shape index (κ1) is 15.5. The lowest BCUT2D eigenvalue weighted by atomic mass is 10.1. The summed E-state index contributed by atoms with van der Waals surface area (Å²) in [7, 11) is 0. The van der Waals surface area contributed by atoms with Crippen molar-refractivity contribution in [2.45, 2.75) is 38.1 Å². The molecule has 2 amide bonds. The Balaban J connectivity index is 1.40. The number of rotatable bonds is 3. The highest BCUT2D eigenvalue weighted by molar-refractivity contribution is 7.00. The lowest BCUT2D eigenvalue weighted by molar-refractivity contribution is -0.125. The number of carbonyl (C=O) groups is 2. The predicted molar refractivity (Wildman–Crippen MR) is 91.8 cm³/mol. The zero-order valence-corrected chi connectivity index (χ0v) is 14.2. The minimum absolute atomic E-state index is 0.0268. The maximum absolute atomic E-state index is 12.7. The number of fused-ring (bicyclic) bond motifs is 1. The third-order valence-electron chi connectivity index (χ3n) is 5.05. The van der Waals surface area contributed by atoms with E-state index in [1.165, 1.54) is 12.8 Å². The van der Waals surface area contributed by atoms with Gasteiger partial charge >= 0.3 is 0 Å². The second kappa shape index (κ2) is 6.47. The number of benzene rings is 1. The summed E-state index contributed by atoms with van der Waals surface area (Å²) < 4.78 is 8.34. The molecule has 2 aliphatic rings. The number of amides is 2. The molecule has 1 aliphatic carbocycles. The van der Waals surface area contributed by atoms with Crippen molar-refractivity contribution < 1.29 is 9.59 Å². The van der Waals surface area contributed by atoms with Gasteiger partial charge in [0.15, 0.2) is 0 Å². The third-order valence-corrected chi connectivity index (χ3v) is 5.61. The zero-order valence-electron chi connectivity index (χ0n) is 13.4. The summed E-state index contributed by atoms with van der Waals surface area (Å²) in [6.45, 7) is 1.14. The van der Waals surface area contributed by atoms with E-state index in [1.807, 2.05) is 6.07 Å². The number of aromatic nitrogens is 2. The largest absolute Gasteiger partial charge is 0.353 e. The van der Waals surface area contributed by atoms with E-state index in [1.54, 1.807) is 17.0 Å². The highest BCUT2D eigenvalue weighted by Gasteiger charge is 2.32. The highest BCUT2D eigenvalue weighted by Crippen LogP contribution is 2.23. The Labute approximate surface area is 144 Å². The van der Waals surface area contributed by atoms with E-state index in [-0.39, 0.29) is 17.7 Å². The maximum Gasteiger partial charge on any atom is 0.253 e. The van der Waals surface area contributed by atoms with Crippen molar-refractivity contribution in [3.05, 3.63) is 23.8 Å². The van der Waals surface area contributed by atoms with Crippen LogP contribution in [0.5, 0.6) is 0 Å². The van der Waals surface area contributed by atoms with Crippen LogP contribution in [0.3, 0.4) is 0 Å². The number of hydrogen-bond donors (Lipinski definition) is 1. The van der Waals surface area contributed by atoms with Gasteiger partial charge in [-0.25, -0.2) is 0 Å². The Hall–Kier alpha value is -2.02. The number of carbonyl (C=O) groups excluding carboxylic acids is 2. The van der Waals surface area contributed by atoms with Crippen LogP contribution in [0.2, 0.25) is 0 Å². The highest BCUT2D eigenvalue weighted by atomic mass is 32.1. The van der Waals surface area contributed by atoms with Crippen molar-refractivity contribution in [2.75, 3.05) is 13.1 Å². The molecule has 7 heteroatoms. The Bertz CT molecular complexity index is 769. The molecule has 0 unspecified atom stereocenters. The molecule has 2 aromatic rings. The van der Waals surface area contributed by atoms with Gasteiger partial charge in [-0.15, -0.1) is 0 Å². The Kier molecular flexibility index (Phi) is 4.18. The molecule has 4 rings (SSSR count). The second-order valence-corrected chi connectivity index (χ2v) is 7.22. The van der Waals surface area contributed by atoms with Gasteiger partial charge in [-0.3, -0.25) is 9.59 Å². The van der Waals surface area contributed by atoms with Crippen LogP contribution in [0.25, 0.3) is 11.0 Å². The van der Waals surface area contributed by atoms with Gasteiger partial charge in [0.2, 0.25) is 5.91 Å². The fourth-order valence-corrected chi connectivity index (χ4v) is 4.16. The minimum atomic E-state index is -0.0841. The summed E-state index contributed by atoms with van der Waals surface area (Å²) in [5, 5.41) is 3.15. The van der Waals surface area contributed by atoms with Gasteiger partial charge in [-0.2, -0.15) is 8.75 Å². The number of nitrogens with one attached hydrogen (secondary N) is 1. The van der Waals surface area contributed by atoms with Crippen LogP contribution in [0.1, 0.15) is 42.5 Å². The van der Waals surface area contributed by atoms with Gasteiger partial charge in [-0.05, 0) is 37.5 Å². The normalized spacial score (nSPS) is 21.5. The zero-order chi connectivity index (χ0) is 16.5.